The molecule has 1 aliphatic carbocycles. The summed E-state index contributed by atoms with van der Waals surface area (Å²) >= 11 is 0. The molecule has 0 heterocycles. The molecule has 3 heteroatoms. The molecule has 0 spiro atoms. The van der Waals surface area contributed by atoms with Gasteiger partial charge in [0.25, 0.3) is 0 Å². The maximum atomic E-state index is 11.8. The van der Waals surface area contributed by atoms with Crippen LogP contribution >= 0.6 is 0 Å². The van der Waals surface area contributed by atoms with Gasteiger partial charge >= 0.3 is 5.97 Å². The van der Waals surface area contributed by atoms with Crippen molar-refractivity contribution in [1.29, 1.82) is 0 Å². The van der Waals surface area contributed by atoms with Crippen LogP contribution in [0.4, 0.5) is 0 Å². The largest absolute Gasteiger partial charge is 0.457 e. The van der Waals surface area contributed by atoms with Crippen molar-refractivity contribution < 1.29 is 14.6 Å². The minimum Gasteiger partial charge on any atom is -0.457 e. The highest BCUT2D eigenvalue weighted by atomic mass is 16.5. The van der Waals surface area contributed by atoms with Crippen LogP contribution in [0, 0.1) is 0 Å². The number of aryl methyl sites for hydroxylation is 1. The topological polar surface area (TPSA) is 46.5 Å². The molecule has 0 aromatic heterocycles. The van der Waals surface area contributed by atoms with E-state index in [4.69, 9.17) is 4.74 Å². The Morgan fingerprint density at radius 1 is 1.03 bits per heavy atom. The lowest BCUT2D eigenvalue weighted by Gasteiger charge is -2.22. The van der Waals surface area contributed by atoms with E-state index in [2.05, 4.69) is 49.0 Å². The standard InChI is InChI=1S/C26H32O3/c1-19(2)26(28)29-18-25-17-24(15-14-21(25)9-6-16-27)23-12-10-22(11-13-23)20-7-4-3-5-8-20/h10-15,17,20,27H,1,3-9,16,18H2,2H3. The lowest BCUT2D eigenvalue weighted by Crippen LogP contribution is -2.07. The predicted octanol–water partition coefficient (Wildman–Crippen LogP) is 5.95. The molecule has 154 valence electrons. The van der Waals surface area contributed by atoms with E-state index in [-0.39, 0.29) is 19.2 Å². The van der Waals surface area contributed by atoms with E-state index in [0.717, 1.165) is 23.1 Å². The Kier molecular flexibility index (Phi) is 7.65. The fourth-order valence-corrected chi connectivity index (χ4v) is 4.10. The van der Waals surface area contributed by atoms with E-state index >= 15 is 0 Å². The van der Waals surface area contributed by atoms with Crippen molar-refractivity contribution in [1.82, 2.24) is 0 Å². The van der Waals surface area contributed by atoms with Crippen LogP contribution in [0.2, 0.25) is 0 Å². The van der Waals surface area contributed by atoms with Gasteiger partial charge < -0.3 is 9.84 Å². The quantitative estimate of drug-likeness (QED) is 0.446. The molecule has 0 saturated heterocycles. The Balaban J connectivity index is 1.79. The van der Waals surface area contributed by atoms with Crippen LogP contribution in [0.25, 0.3) is 11.1 Å². The summed E-state index contributed by atoms with van der Waals surface area (Å²) in [6.07, 6.45) is 8.11. The van der Waals surface area contributed by atoms with E-state index in [1.54, 1.807) is 6.92 Å². The Morgan fingerprint density at radius 2 is 1.72 bits per heavy atom. The van der Waals surface area contributed by atoms with Crippen LogP contribution < -0.4 is 0 Å². The molecule has 0 radical (unpaired) electrons. The van der Waals surface area contributed by atoms with Crippen LogP contribution in [0.1, 0.15) is 68.1 Å². The Bertz CT molecular complexity index is 830. The number of ether oxygens (including phenoxy) is 1. The summed E-state index contributed by atoms with van der Waals surface area (Å²) in [5, 5.41) is 9.18. The van der Waals surface area contributed by atoms with Crippen molar-refractivity contribution in [3.8, 4) is 11.1 Å². The first-order valence-corrected chi connectivity index (χ1v) is 10.7. The SMILES string of the molecule is C=C(C)C(=O)OCc1cc(-c2ccc(C3CCCCC3)cc2)ccc1CCCO. The summed E-state index contributed by atoms with van der Waals surface area (Å²) in [4.78, 5) is 11.8. The van der Waals surface area contributed by atoms with Crippen LogP contribution in [0.15, 0.2) is 54.6 Å². The molecule has 0 atom stereocenters. The minimum atomic E-state index is -0.375. The van der Waals surface area contributed by atoms with E-state index in [0.29, 0.717) is 17.9 Å². The molecular weight excluding hydrogens is 360 g/mol. The molecular formula is C26H32O3. The monoisotopic (exact) mass is 392 g/mol. The third-order valence-electron chi connectivity index (χ3n) is 5.84. The number of aliphatic hydroxyl groups is 1. The second kappa shape index (κ2) is 10.4. The van der Waals surface area contributed by atoms with E-state index in [1.807, 2.05) is 0 Å². The van der Waals surface area contributed by atoms with Crippen molar-refractivity contribution in [3.63, 3.8) is 0 Å². The number of hydrogen-bond acceptors (Lipinski definition) is 3. The summed E-state index contributed by atoms with van der Waals surface area (Å²) in [6, 6.07) is 15.3. The summed E-state index contributed by atoms with van der Waals surface area (Å²) in [6.45, 7) is 5.67. The Hall–Kier alpha value is -2.39. The summed E-state index contributed by atoms with van der Waals surface area (Å²) in [5.41, 5.74) is 6.23. The molecule has 1 fully saturated rings. The van der Waals surface area contributed by atoms with Crippen molar-refractivity contribution >= 4 is 5.97 Å². The first-order valence-electron chi connectivity index (χ1n) is 10.7. The lowest BCUT2D eigenvalue weighted by atomic mass is 9.83. The summed E-state index contributed by atoms with van der Waals surface area (Å²) < 4.78 is 5.40. The van der Waals surface area contributed by atoms with Gasteiger partial charge in [0.1, 0.15) is 6.61 Å². The van der Waals surface area contributed by atoms with Gasteiger partial charge in [0, 0.05) is 12.2 Å². The third-order valence-corrected chi connectivity index (χ3v) is 5.84. The zero-order valence-electron chi connectivity index (χ0n) is 17.5. The molecule has 1 aliphatic rings. The number of carbonyl (C=O) groups excluding carboxylic acids is 1. The first kappa shape index (κ1) is 21.3. The number of benzene rings is 2. The van der Waals surface area contributed by atoms with Crippen molar-refractivity contribution in [2.24, 2.45) is 0 Å². The van der Waals surface area contributed by atoms with Gasteiger partial charge in [0.15, 0.2) is 0 Å². The maximum absolute atomic E-state index is 11.8. The number of hydrogen-bond donors (Lipinski definition) is 1. The maximum Gasteiger partial charge on any atom is 0.333 e. The highest BCUT2D eigenvalue weighted by Gasteiger charge is 2.15. The average molecular weight is 393 g/mol. The number of esters is 1. The normalized spacial score (nSPS) is 14.6. The Morgan fingerprint density at radius 3 is 2.38 bits per heavy atom. The molecule has 2 aromatic rings. The van der Waals surface area contributed by atoms with E-state index < -0.39 is 0 Å². The van der Waals surface area contributed by atoms with Gasteiger partial charge in [-0.3, -0.25) is 0 Å². The second-order valence-corrected chi connectivity index (χ2v) is 8.12. The zero-order chi connectivity index (χ0) is 20.6. The van der Waals surface area contributed by atoms with Gasteiger partial charge in [-0.25, -0.2) is 4.79 Å². The first-order chi connectivity index (χ1) is 14.1. The number of aliphatic hydroxyl groups excluding tert-OH is 1. The summed E-state index contributed by atoms with van der Waals surface area (Å²) in [5.74, 6) is 0.330. The molecule has 29 heavy (non-hydrogen) atoms. The van der Waals surface area contributed by atoms with Gasteiger partial charge in [-0.15, -0.1) is 0 Å². The fourth-order valence-electron chi connectivity index (χ4n) is 4.10. The van der Waals surface area contributed by atoms with Gasteiger partial charge in [-0.2, -0.15) is 0 Å². The highest BCUT2D eigenvalue weighted by Crippen LogP contribution is 2.34. The van der Waals surface area contributed by atoms with Crippen LogP contribution in [-0.2, 0) is 22.6 Å². The van der Waals surface area contributed by atoms with E-state index in [9.17, 15) is 9.90 Å². The summed E-state index contributed by atoms with van der Waals surface area (Å²) in [7, 11) is 0. The smallest absolute Gasteiger partial charge is 0.333 e. The fraction of sp³-hybridized carbons (Fsp3) is 0.423. The molecule has 0 aliphatic heterocycles. The van der Waals surface area contributed by atoms with Gasteiger partial charge in [-0.1, -0.05) is 62.2 Å². The molecule has 1 saturated carbocycles. The molecule has 0 bridgehead atoms. The number of rotatable bonds is 8. The van der Waals surface area contributed by atoms with E-state index in [1.165, 1.54) is 43.2 Å². The van der Waals surface area contributed by atoms with Crippen molar-refractivity contribution in [2.45, 2.75) is 64.4 Å². The molecule has 1 N–H and O–H groups in total. The molecule has 3 rings (SSSR count). The third kappa shape index (κ3) is 5.80. The molecule has 3 nitrogen and oxygen atoms in total. The number of carbonyl (C=O) groups is 1. The zero-order valence-corrected chi connectivity index (χ0v) is 17.5. The average Bonchev–Trinajstić information content (AvgIpc) is 2.77. The van der Waals surface area contributed by atoms with Crippen molar-refractivity contribution in [3.05, 3.63) is 71.3 Å². The van der Waals surface area contributed by atoms with Gasteiger partial charge in [0.05, 0.1) is 0 Å². The molecule has 2 aromatic carbocycles. The molecule has 0 unspecified atom stereocenters. The van der Waals surface area contributed by atoms with Gasteiger partial charge in [0.2, 0.25) is 0 Å². The van der Waals surface area contributed by atoms with Crippen LogP contribution in [0.5, 0.6) is 0 Å². The lowest BCUT2D eigenvalue weighted by molar-refractivity contribution is -0.140. The van der Waals surface area contributed by atoms with Crippen LogP contribution in [-0.4, -0.2) is 17.7 Å². The van der Waals surface area contributed by atoms with Crippen molar-refractivity contribution in [2.75, 3.05) is 6.61 Å². The predicted molar refractivity (Wildman–Crippen MR) is 118 cm³/mol. The second-order valence-electron chi connectivity index (χ2n) is 8.12. The van der Waals surface area contributed by atoms with Crippen LogP contribution in [0.3, 0.4) is 0 Å². The molecule has 0 amide bonds. The minimum absolute atomic E-state index is 0.148. The Labute approximate surface area is 174 Å². The van der Waals surface area contributed by atoms with Gasteiger partial charge in [-0.05, 0) is 72.4 Å². The highest BCUT2D eigenvalue weighted by molar-refractivity contribution is 5.86.